The average molecular weight is 268 g/mol. The quantitative estimate of drug-likeness (QED) is 0.684. The van der Waals surface area contributed by atoms with Crippen molar-refractivity contribution in [2.24, 2.45) is 0 Å². The van der Waals surface area contributed by atoms with E-state index >= 15 is 0 Å². The largest absolute Gasteiger partial charge is 0.328 e. The van der Waals surface area contributed by atoms with Crippen molar-refractivity contribution in [1.82, 2.24) is 20.2 Å². The molecule has 2 rings (SSSR count). The summed E-state index contributed by atoms with van der Waals surface area (Å²) >= 11 is 0. The van der Waals surface area contributed by atoms with Gasteiger partial charge in [0.05, 0.1) is 13.1 Å². The lowest BCUT2D eigenvalue weighted by Crippen LogP contribution is -3.27. The lowest BCUT2D eigenvalue weighted by Gasteiger charge is -2.32. The third-order valence-corrected chi connectivity index (χ3v) is 4.14. The summed E-state index contributed by atoms with van der Waals surface area (Å²) in [6.07, 6.45) is 2.35. The van der Waals surface area contributed by atoms with E-state index in [9.17, 15) is 0 Å². The van der Waals surface area contributed by atoms with Gasteiger partial charge in [-0.3, -0.25) is 0 Å². The molecule has 0 saturated carbocycles. The van der Waals surface area contributed by atoms with Crippen molar-refractivity contribution in [2.75, 3.05) is 33.2 Å². The summed E-state index contributed by atoms with van der Waals surface area (Å²) in [5.41, 5.74) is 0. The molecule has 1 aliphatic rings. The molecule has 1 aromatic rings. The van der Waals surface area contributed by atoms with Crippen molar-refractivity contribution in [3.63, 3.8) is 0 Å². The summed E-state index contributed by atoms with van der Waals surface area (Å²) in [5.74, 6) is 1.08. The van der Waals surface area contributed by atoms with E-state index < -0.39 is 0 Å². The smallest absolute Gasteiger partial charge is 0.209 e. The van der Waals surface area contributed by atoms with Crippen LogP contribution in [0.4, 0.5) is 0 Å². The van der Waals surface area contributed by atoms with Crippen LogP contribution in [0.1, 0.15) is 51.5 Å². The number of rotatable bonds is 5. The highest BCUT2D eigenvalue weighted by Crippen LogP contribution is 2.15. The van der Waals surface area contributed by atoms with E-state index in [2.05, 4.69) is 43.3 Å². The number of aromatic nitrogens is 4. The Morgan fingerprint density at radius 1 is 1.21 bits per heavy atom. The van der Waals surface area contributed by atoms with Crippen LogP contribution < -0.4 is 9.80 Å². The second-order valence-corrected chi connectivity index (χ2v) is 6.03. The molecule has 6 heteroatoms. The number of hydrogen-bond donors (Lipinski definition) is 2. The Morgan fingerprint density at radius 2 is 1.89 bits per heavy atom. The molecule has 0 bridgehead atoms. The summed E-state index contributed by atoms with van der Waals surface area (Å²) in [6.45, 7) is 11.5. The number of hydrogen-bond acceptors (Lipinski definition) is 3. The van der Waals surface area contributed by atoms with Gasteiger partial charge in [-0.15, -0.1) is 5.10 Å². The Kier molecular flexibility index (Phi) is 4.87. The lowest BCUT2D eigenvalue weighted by molar-refractivity contribution is -1.02. The van der Waals surface area contributed by atoms with Crippen LogP contribution in [0.25, 0.3) is 0 Å². The Labute approximate surface area is 115 Å². The van der Waals surface area contributed by atoms with Crippen molar-refractivity contribution in [3.8, 4) is 0 Å². The molecule has 1 saturated heterocycles. The van der Waals surface area contributed by atoms with Crippen LogP contribution in [-0.4, -0.2) is 53.4 Å². The van der Waals surface area contributed by atoms with Crippen molar-refractivity contribution in [3.05, 3.63) is 5.82 Å². The summed E-state index contributed by atoms with van der Waals surface area (Å²) in [7, 11) is 2.28. The molecule has 0 amide bonds. The highest BCUT2D eigenvalue weighted by Gasteiger charge is 2.32. The van der Waals surface area contributed by atoms with Gasteiger partial charge in [0.2, 0.25) is 5.82 Å². The van der Waals surface area contributed by atoms with Gasteiger partial charge in [-0.1, -0.05) is 13.3 Å². The van der Waals surface area contributed by atoms with Gasteiger partial charge >= 0.3 is 0 Å². The molecule has 0 aliphatic carbocycles. The lowest BCUT2D eigenvalue weighted by atomic mass is 10.1. The number of quaternary nitrogens is 2. The Bertz CT molecular complexity index is 380. The van der Waals surface area contributed by atoms with Crippen LogP contribution in [0, 0.1) is 0 Å². The topological polar surface area (TPSA) is 52.5 Å². The van der Waals surface area contributed by atoms with Gasteiger partial charge in [-0.2, -0.15) is 0 Å². The van der Waals surface area contributed by atoms with E-state index in [1.54, 1.807) is 9.80 Å². The maximum absolute atomic E-state index is 4.32. The van der Waals surface area contributed by atoms with Gasteiger partial charge in [0.1, 0.15) is 32.2 Å². The maximum Gasteiger partial charge on any atom is 0.209 e. The van der Waals surface area contributed by atoms with E-state index in [1.807, 2.05) is 4.68 Å². The van der Waals surface area contributed by atoms with E-state index in [0.717, 1.165) is 5.82 Å². The van der Waals surface area contributed by atoms with Crippen molar-refractivity contribution in [2.45, 2.75) is 45.7 Å². The van der Waals surface area contributed by atoms with Gasteiger partial charge < -0.3 is 9.80 Å². The molecule has 1 aromatic heterocycles. The first-order chi connectivity index (χ1) is 9.13. The fraction of sp³-hybridized carbons (Fsp3) is 0.923. The predicted octanol–water partition coefficient (Wildman–Crippen LogP) is -1.49. The highest BCUT2D eigenvalue weighted by atomic mass is 15.6. The van der Waals surface area contributed by atoms with Crippen molar-refractivity contribution < 1.29 is 9.80 Å². The first-order valence-corrected chi connectivity index (χ1v) is 7.57. The monoisotopic (exact) mass is 268 g/mol. The molecule has 6 nitrogen and oxygen atoms in total. The van der Waals surface area contributed by atoms with Gasteiger partial charge in [-0.25, -0.2) is 4.68 Å². The van der Waals surface area contributed by atoms with Crippen LogP contribution in [-0.2, 0) is 0 Å². The second kappa shape index (κ2) is 6.43. The molecule has 0 spiro atoms. The molecule has 19 heavy (non-hydrogen) atoms. The zero-order valence-electron chi connectivity index (χ0n) is 12.7. The average Bonchev–Trinajstić information content (AvgIpc) is 2.86. The normalized spacial score (nSPS) is 25.7. The van der Waals surface area contributed by atoms with Gasteiger partial charge in [0.25, 0.3) is 0 Å². The fourth-order valence-corrected chi connectivity index (χ4v) is 2.95. The predicted molar refractivity (Wildman–Crippen MR) is 73.2 cm³/mol. The minimum Gasteiger partial charge on any atom is -0.328 e. The zero-order valence-corrected chi connectivity index (χ0v) is 12.7. The van der Waals surface area contributed by atoms with Crippen molar-refractivity contribution in [1.29, 1.82) is 0 Å². The molecule has 2 heterocycles. The van der Waals surface area contributed by atoms with Crippen LogP contribution >= 0.6 is 0 Å². The Hall–Kier alpha value is -1.01. The summed E-state index contributed by atoms with van der Waals surface area (Å²) in [4.78, 5) is 3.30. The highest BCUT2D eigenvalue weighted by molar-refractivity contribution is 4.89. The molecule has 108 valence electrons. The molecule has 2 N–H and O–H groups in total. The summed E-state index contributed by atoms with van der Waals surface area (Å²) in [6, 6.07) is 0.789. The molecule has 1 fully saturated rings. The number of piperazine rings is 1. The van der Waals surface area contributed by atoms with Gasteiger partial charge in [-0.05, 0) is 24.3 Å². The van der Waals surface area contributed by atoms with Crippen LogP contribution in [0.15, 0.2) is 0 Å². The minimum atomic E-state index is 0.335. The van der Waals surface area contributed by atoms with Crippen LogP contribution in [0.3, 0.4) is 0 Å². The number of nitrogens with one attached hydrogen (secondary N) is 2. The summed E-state index contributed by atoms with van der Waals surface area (Å²) in [5, 5.41) is 12.4. The molecular weight excluding hydrogens is 240 g/mol. The van der Waals surface area contributed by atoms with Crippen molar-refractivity contribution >= 4 is 0 Å². The van der Waals surface area contributed by atoms with E-state index in [1.165, 1.54) is 39.0 Å². The molecule has 0 aromatic carbocycles. The van der Waals surface area contributed by atoms with Gasteiger partial charge in [0, 0.05) is 6.42 Å². The zero-order chi connectivity index (χ0) is 13.8. The fourth-order valence-electron chi connectivity index (χ4n) is 2.95. The van der Waals surface area contributed by atoms with E-state index in [0.29, 0.717) is 12.1 Å². The first kappa shape index (κ1) is 14.4. The molecule has 0 radical (unpaired) electrons. The standard InChI is InChI=1S/C13H26N6/c1-5-6-12(18-9-7-17(4)8-10-18)13-14-15-16-19(13)11(2)3/h11-12H,5-10H2,1-4H3/p+2/t12-/m0/s1. The first-order valence-electron chi connectivity index (χ1n) is 7.57. The number of nitrogens with zero attached hydrogens (tertiary/aromatic N) is 4. The second-order valence-electron chi connectivity index (χ2n) is 6.03. The number of tetrazole rings is 1. The third kappa shape index (κ3) is 3.30. The van der Waals surface area contributed by atoms with Crippen LogP contribution in [0.5, 0.6) is 0 Å². The van der Waals surface area contributed by atoms with E-state index in [4.69, 9.17) is 0 Å². The van der Waals surface area contributed by atoms with Crippen LogP contribution in [0.2, 0.25) is 0 Å². The summed E-state index contributed by atoms with van der Waals surface area (Å²) < 4.78 is 2.00. The van der Waals surface area contributed by atoms with E-state index in [-0.39, 0.29) is 0 Å². The minimum absolute atomic E-state index is 0.335. The molecule has 1 aliphatic heterocycles. The molecule has 1 atom stereocenters. The van der Waals surface area contributed by atoms with Gasteiger partial charge in [0.15, 0.2) is 0 Å². The molecular formula is C13H28N6+2. The number of likely N-dealkylation sites (N-methyl/N-ethyl adjacent to an activating group) is 1. The SMILES string of the molecule is CCC[C@@H](c1nnnn1C(C)C)[NH+]1CC[NH+](C)CC1. The Balaban J connectivity index is 2.17. The molecule has 0 unspecified atom stereocenters. The Morgan fingerprint density at radius 3 is 2.47 bits per heavy atom. The maximum atomic E-state index is 4.32. The third-order valence-electron chi connectivity index (χ3n) is 4.14.